The van der Waals surface area contributed by atoms with Crippen LogP contribution in [-0.4, -0.2) is 14.6 Å². The molecule has 80 valence electrons. The Bertz CT molecular complexity index is 648. The van der Waals surface area contributed by atoms with E-state index in [-0.39, 0.29) is 0 Å². The molecule has 3 rings (SSSR count). The van der Waals surface area contributed by atoms with Gasteiger partial charge in [-0.25, -0.2) is 9.47 Å². The molecular formula is C9H5N3S4. The molecule has 0 aliphatic heterocycles. The third-order valence-corrected chi connectivity index (χ3v) is 5.27. The Morgan fingerprint density at radius 1 is 1.31 bits per heavy atom. The van der Waals surface area contributed by atoms with E-state index in [1.807, 2.05) is 18.2 Å². The Hall–Kier alpha value is -0.760. The average molecular weight is 283 g/mol. The molecule has 0 spiro atoms. The Kier molecular flexibility index (Phi) is 2.76. The molecule has 0 fully saturated rings. The lowest BCUT2D eigenvalue weighted by molar-refractivity contribution is 1.03. The zero-order valence-corrected chi connectivity index (χ0v) is 11.1. The summed E-state index contributed by atoms with van der Waals surface area (Å²) in [4.78, 5) is 4.51. The zero-order valence-electron chi connectivity index (χ0n) is 7.84. The van der Waals surface area contributed by atoms with E-state index >= 15 is 0 Å². The molecule has 0 aliphatic rings. The van der Waals surface area contributed by atoms with Gasteiger partial charge in [0.2, 0.25) is 0 Å². The number of hydrogen-bond donors (Lipinski definition) is 1. The number of nitrogens with one attached hydrogen (secondary N) is 1. The Morgan fingerprint density at radius 2 is 2.19 bits per heavy atom. The van der Waals surface area contributed by atoms with Gasteiger partial charge in [-0.2, -0.15) is 5.10 Å². The van der Waals surface area contributed by atoms with E-state index in [2.05, 4.69) is 20.6 Å². The van der Waals surface area contributed by atoms with Gasteiger partial charge in [-0.3, -0.25) is 0 Å². The first kappa shape index (κ1) is 10.4. The van der Waals surface area contributed by atoms with Crippen LogP contribution in [0, 0.1) is 3.82 Å². The van der Waals surface area contributed by atoms with Crippen LogP contribution < -0.4 is 0 Å². The van der Waals surface area contributed by atoms with E-state index in [0.29, 0.717) is 0 Å². The number of aromatic amines is 1. The van der Waals surface area contributed by atoms with Crippen molar-refractivity contribution < 1.29 is 0 Å². The molecule has 0 saturated carbocycles. The minimum atomic E-state index is 0.782. The highest BCUT2D eigenvalue weighted by Gasteiger charge is 2.08. The van der Waals surface area contributed by atoms with E-state index in [1.54, 1.807) is 11.3 Å². The van der Waals surface area contributed by atoms with Gasteiger partial charge in [0.25, 0.3) is 0 Å². The second kappa shape index (κ2) is 4.25. The molecular weight excluding hydrogens is 278 g/mol. The number of benzene rings is 1. The number of nitrogens with zero attached hydrogens (tertiary/aromatic N) is 2. The quantitative estimate of drug-likeness (QED) is 0.723. The lowest BCUT2D eigenvalue weighted by atomic mass is 10.3. The van der Waals surface area contributed by atoms with Crippen LogP contribution in [0.25, 0.3) is 10.2 Å². The van der Waals surface area contributed by atoms with Gasteiger partial charge in [0.05, 0.1) is 10.2 Å². The Labute approximate surface area is 109 Å². The molecule has 2 aromatic heterocycles. The summed E-state index contributed by atoms with van der Waals surface area (Å²) in [6.07, 6.45) is 0. The van der Waals surface area contributed by atoms with E-state index in [0.717, 1.165) is 18.7 Å². The topological polar surface area (TPSA) is 41.6 Å². The number of para-hydroxylation sites is 1. The molecule has 7 heteroatoms. The van der Waals surface area contributed by atoms with Crippen molar-refractivity contribution in [1.82, 2.24) is 14.6 Å². The maximum Gasteiger partial charge on any atom is 0.157 e. The van der Waals surface area contributed by atoms with E-state index < -0.39 is 0 Å². The van der Waals surface area contributed by atoms with E-state index in [9.17, 15) is 0 Å². The molecule has 0 atom stereocenters. The lowest BCUT2D eigenvalue weighted by Crippen LogP contribution is -1.72. The summed E-state index contributed by atoms with van der Waals surface area (Å²) in [6.45, 7) is 0. The molecule has 0 saturated heterocycles. The highest BCUT2D eigenvalue weighted by atomic mass is 32.2. The summed E-state index contributed by atoms with van der Waals surface area (Å²) < 4.78 is 5.75. The standard InChI is InChI=1S/C9H5N3S4/c13-8-7(11-12-16-8)15-9-10-5-3-1-2-4-6(5)14-9/h1-4,12H. The predicted octanol–water partition coefficient (Wildman–Crippen LogP) is 3.96. The number of rotatable bonds is 2. The number of hydrogen-bond acceptors (Lipinski definition) is 6. The summed E-state index contributed by atoms with van der Waals surface area (Å²) in [5, 5.41) is 4.93. The van der Waals surface area contributed by atoms with E-state index in [1.165, 1.54) is 28.0 Å². The van der Waals surface area contributed by atoms with Crippen LogP contribution >= 0.6 is 46.8 Å². The molecule has 0 amide bonds. The van der Waals surface area contributed by atoms with Gasteiger partial charge in [0.15, 0.2) is 9.37 Å². The van der Waals surface area contributed by atoms with Crippen molar-refractivity contribution in [2.75, 3.05) is 0 Å². The summed E-state index contributed by atoms with van der Waals surface area (Å²) in [7, 11) is 0. The van der Waals surface area contributed by atoms with Crippen molar-refractivity contribution in [2.24, 2.45) is 0 Å². The molecule has 0 bridgehead atoms. The first-order chi connectivity index (χ1) is 7.83. The molecule has 2 heterocycles. The first-order valence-corrected chi connectivity index (χ1v) is 7.26. The molecule has 0 unspecified atom stereocenters. The summed E-state index contributed by atoms with van der Waals surface area (Å²) in [5.74, 6) is 0. The number of aromatic nitrogens is 3. The van der Waals surface area contributed by atoms with Crippen molar-refractivity contribution in [3.63, 3.8) is 0 Å². The fourth-order valence-corrected chi connectivity index (χ4v) is 4.03. The van der Waals surface area contributed by atoms with Crippen LogP contribution in [0.2, 0.25) is 0 Å². The fourth-order valence-electron chi connectivity index (χ4n) is 1.24. The van der Waals surface area contributed by atoms with Crippen LogP contribution in [0.5, 0.6) is 0 Å². The summed E-state index contributed by atoms with van der Waals surface area (Å²) >= 11 is 9.69. The van der Waals surface area contributed by atoms with Crippen LogP contribution in [0.3, 0.4) is 0 Å². The monoisotopic (exact) mass is 283 g/mol. The molecule has 1 aromatic carbocycles. The van der Waals surface area contributed by atoms with E-state index in [4.69, 9.17) is 12.2 Å². The first-order valence-electron chi connectivity index (χ1n) is 4.40. The minimum absolute atomic E-state index is 0.782. The van der Waals surface area contributed by atoms with Gasteiger partial charge in [-0.15, -0.1) is 11.3 Å². The normalized spacial score (nSPS) is 11.0. The van der Waals surface area contributed by atoms with Crippen LogP contribution in [0.4, 0.5) is 0 Å². The fraction of sp³-hybridized carbons (Fsp3) is 0. The highest BCUT2D eigenvalue weighted by Crippen LogP contribution is 2.34. The average Bonchev–Trinajstić information content (AvgIpc) is 2.85. The number of thiazole rings is 1. The highest BCUT2D eigenvalue weighted by molar-refractivity contribution is 8.01. The third-order valence-electron chi connectivity index (χ3n) is 1.92. The van der Waals surface area contributed by atoms with Gasteiger partial charge >= 0.3 is 0 Å². The van der Waals surface area contributed by atoms with Gasteiger partial charge in [-0.05, 0) is 35.4 Å². The van der Waals surface area contributed by atoms with Gasteiger partial charge in [0.1, 0.15) is 3.82 Å². The van der Waals surface area contributed by atoms with Crippen molar-refractivity contribution in [1.29, 1.82) is 0 Å². The summed E-state index contributed by atoms with van der Waals surface area (Å²) in [5.41, 5.74) is 1.03. The smallest absolute Gasteiger partial charge is 0.157 e. The summed E-state index contributed by atoms with van der Waals surface area (Å²) in [6, 6.07) is 8.09. The maximum atomic E-state index is 5.15. The molecule has 16 heavy (non-hydrogen) atoms. The van der Waals surface area contributed by atoms with Gasteiger partial charge in [-0.1, -0.05) is 24.4 Å². The van der Waals surface area contributed by atoms with Gasteiger partial charge in [0, 0.05) is 0 Å². The lowest BCUT2D eigenvalue weighted by Gasteiger charge is -1.87. The molecule has 3 aromatic rings. The van der Waals surface area contributed by atoms with Crippen molar-refractivity contribution in [3.05, 3.63) is 28.1 Å². The second-order valence-electron chi connectivity index (χ2n) is 2.95. The molecule has 0 aliphatic carbocycles. The third kappa shape index (κ3) is 1.91. The number of H-pyrrole nitrogens is 1. The van der Waals surface area contributed by atoms with Crippen molar-refractivity contribution in [2.45, 2.75) is 9.37 Å². The van der Waals surface area contributed by atoms with Crippen molar-refractivity contribution >= 4 is 57.1 Å². The SMILES string of the molecule is S=c1s[nH]nc1Sc1nc2ccccc2s1. The van der Waals surface area contributed by atoms with Crippen LogP contribution in [-0.2, 0) is 0 Å². The van der Waals surface area contributed by atoms with Crippen LogP contribution in [0.15, 0.2) is 33.6 Å². The minimum Gasteiger partial charge on any atom is -0.230 e. The zero-order chi connectivity index (χ0) is 11.0. The predicted molar refractivity (Wildman–Crippen MR) is 71.0 cm³/mol. The second-order valence-corrected chi connectivity index (χ2v) is 6.68. The molecule has 0 radical (unpaired) electrons. The molecule has 3 nitrogen and oxygen atoms in total. The Morgan fingerprint density at radius 3 is 2.94 bits per heavy atom. The maximum absolute atomic E-state index is 5.15. The van der Waals surface area contributed by atoms with Crippen molar-refractivity contribution in [3.8, 4) is 0 Å². The van der Waals surface area contributed by atoms with Gasteiger partial charge < -0.3 is 0 Å². The largest absolute Gasteiger partial charge is 0.230 e. The number of fused-ring (bicyclic) bond motifs is 1. The molecule has 1 N–H and O–H groups in total. The van der Waals surface area contributed by atoms with Crippen LogP contribution in [0.1, 0.15) is 0 Å². The Balaban J connectivity index is 2.01.